The van der Waals surface area contributed by atoms with Crippen LogP contribution in [0.4, 0.5) is 5.82 Å². The predicted molar refractivity (Wildman–Crippen MR) is 55.3 cm³/mol. The fraction of sp³-hybridized carbons (Fsp3) is 0.500. The summed E-state index contributed by atoms with van der Waals surface area (Å²) in [5, 5.41) is 12.4. The highest BCUT2D eigenvalue weighted by atomic mass is 16.5. The van der Waals surface area contributed by atoms with Gasteiger partial charge in [0, 0.05) is 19.9 Å². The first-order chi connectivity index (χ1) is 6.74. The average Bonchev–Trinajstić information content (AvgIpc) is 2.17. The summed E-state index contributed by atoms with van der Waals surface area (Å²) in [4.78, 5) is 4.15. The Hall–Kier alpha value is -1.13. The van der Waals surface area contributed by atoms with E-state index in [9.17, 15) is 5.11 Å². The number of ether oxygens (including phenoxy) is 1. The molecule has 4 heteroatoms. The zero-order valence-electron chi connectivity index (χ0n) is 8.53. The van der Waals surface area contributed by atoms with E-state index in [4.69, 9.17) is 4.74 Å². The third-order valence-corrected chi connectivity index (χ3v) is 1.87. The number of rotatable bonds is 5. The van der Waals surface area contributed by atoms with Crippen molar-refractivity contribution in [1.82, 2.24) is 4.98 Å². The monoisotopic (exact) mass is 196 g/mol. The van der Waals surface area contributed by atoms with E-state index < -0.39 is 6.10 Å². The molecule has 0 radical (unpaired) electrons. The molecule has 1 unspecified atom stereocenters. The number of hydrogen-bond donors (Lipinski definition) is 2. The molecule has 1 rings (SSSR count). The van der Waals surface area contributed by atoms with Crippen molar-refractivity contribution in [2.24, 2.45) is 0 Å². The zero-order valence-corrected chi connectivity index (χ0v) is 8.53. The van der Waals surface area contributed by atoms with E-state index in [0.29, 0.717) is 13.2 Å². The number of aliphatic hydroxyl groups excluding tert-OH is 1. The van der Waals surface area contributed by atoms with E-state index in [2.05, 4.69) is 10.3 Å². The molecule has 2 N–H and O–H groups in total. The maximum absolute atomic E-state index is 9.39. The maximum Gasteiger partial charge on any atom is 0.128 e. The van der Waals surface area contributed by atoms with Crippen LogP contribution in [0, 0.1) is 6.92 Å². The van der Waals surface area contributed by atoms with Gasteiger partial charge in [0.15, 0.2) is 0 Å². The summed E-state index contributed by atoms with van der Waals surface area (Å²) in [6.07, 6.45) is 1.22. The van der Waals surface area contributed by atoms with Gasteiger partial charge in [0.05, 0.1) is 12.7 Å². The summed E-state index contributed by atoms with van der Waals surface area (Å²) >= 11 is 0. The quantitative estimate of drug-likeness (QED) is 0.731. The normalized spacial score (nSPS) is 12.5. The number of aryl methyl sites for hydroxylation is 1. The van der Waals surface area contributed by atoms with E-state index in [1.54, 1.807) is 13.3 Å². The van der Waals surface area contributed by atoms with Gasteiger partial charge in [-0.1, -0.05) is 6.07 Å². The van der Waals surface area contributed by atoms with Crippen LogP contribution in [0.25, 0.3) is 0 Å². The number of hydrogen-bond acceptors (Lipinski definition) is 4. The molecule has 0 amide bonds. The molecular formula is C10H16N2O2. The van der Waals surface area contributed by atoms with Crippen LogP contribution in [-0.4, -0.2) is 36.5 Å². The molecule has 0 saturated heterocycles. The smallest absolute Gasteiger partial charge is 0.128 e. The number of aromatic nitrogens is 1. The molecule has 4 nitrogen and oxygen atoms in total. The van der Waals surface area contributed by atoms with Gasteiger partial charge in [-0.3, -0.25) is 0 Å². The van der Waals surface area contributed by atoms with Gasteiger partial charge < -0.3 is 15.2 Å². The van der Waals surface area contributed by atoms with Crippen LogP contribution >= 0.6 is 0 Å². The first-order valence-electron chi connectivity index (χ1n) is 4.56. The van der Waals surface area contributed by atoms with Crippen molar-refractivity contribution < 1.29 is 9.84 Å². The van der Waals surface area contributed by atoms with Crippen molar-refractivity contribution >= 4 is 5.82 Å². The number of nitrogens with zero attached hydrogens (tertiary/aromatic N) is 1. The molecular weight excluding hydrogens is 180 g/mol. The Balaban J connectivity index is 2.41. The van der Waals surface area contributed by atoms with Crippen molar-refractivity contribution in [3.63, 3.8) is 0 Å². The highest BCUT2D eigenvalue weighted by molar-refractivity contribution is 5.42. The molecule has 0 bridgehead atoms. The molecule has 1 heterocycles. The molecule has 0 aliphatic heterocycles. The lowest BCUT2D eigenvalue weighted by Gasteiger charge is -2.12. The second kappa shape index (κ2) is 5.57. The fourth-order valence-electron chi connectivity index (χ4n) is 1.14. The Labute approximate surface area is 83.9 Å². The molecule has 14 heavy (non-hydrogen) atoms. The molecule has 0 saturated carbocycles. The third kappa shape index (κ3) is 3.32. The summed E-state index contributed by atoms with van der Waals surface area (Å²) in [5.41, 5.74) is 1.07. The van der Waals surface area contributed by atoms with E-state index in [0.717, 1.165) is 11.4 Å². The van der Waals surface area contributed by atoms with Gasteiger partial charge in [0.2, 0.25) is 0 Å². The number of methoxy groups -OCH3 is 1. The average molecular weight is 196 g/mol. The van der Waals surface area contributed by atoms with Crippen LogP contribution < -0.4 is 5.32 Å². The van der Waals surface area contributed by atoms with Crippen LogP contribution in [0.5, 0.6) is 0 Å². The van der Waals surface area contributed by atoms with Crippen molar-refractivity contribution in [2.75, 3.05) is 25.6 Å². The summed E-state index contributed by atoms with van der Waals surface area (Å²) < 4.78 is 4.81. The van der Waals surface area contributed by atoms with Crippen molar-refractivity contribution in [3.8, 4) is 0 Å². The lowest BCUT2D eigenvalue weighted by molar-refractivity contribution is 0.0727. The van der Waals surface area contributed by atoms with Crippen molar-refractivity contribution in [3.05, 3.63) is 23.9 Å². The summed E-state index contributed by atoms with van der Waals surface area (Å²) in [6.45, 7) is 2.75. The van der Waals surface area contributed by atoms with Crippen LogP contribution in [0.2, 0.25) is 0 Å². The van der Waals surface area contributed by atoms with Crippen LogP contribution in [0.1, 0.15) is 5.56 Å². The summed E-state index contributed by atoms with van der Waals surface area (Å²) in [5.74, 6) is 0.808. The minimum absolute atomic E-state index is 0.332. The Bertz CT molecular complexity index is 279. The molecule has 0 spiro atoms. The number of aliphatic hydroxyl groups is 1. The number of nitrogens with one attached hydrogen (secondary N) is 1. The summed E-state index contributed by atoms with van der Waals surface area (Å²) in [7, 11) is 1.56. The lowest BCUT2D eigenvalue weighted by Crippen LogP contribution is -2.24. The highest BCUT2D eigenvalue weighted by Gasteiger charge is 2.04. The van der Waals surface area contributed by atoms with E-state index in [1.807, 2.05) is 19.1 Å². The molecule has 0 aliphatic carbocycles. The van der Waals surface area contributed by atoms with Gasteiger partial charge in [-0.25, -0.2) is 4.98 Å². The Morgan fingerprint density at radius 1 is 1.64 bits per heavy atom. The van der Waals surface area contributed by atoms with Gasteiger partial charge in [-0.15, -0.1) is 0 Å². The maximum atomic E-state index is 9.39. The van der Waals surface area contributed by atoms with Crippen LogP contribution in [0.15, 0.2) is 18.3 Å². The Morgan fingerprint density at radius 2 is 2.43 bits per heavy atom. The van der Waals surface area contributed by atoms with Gasteiger partial charge >= 0.3 is 0 Å². The summed E-state index contributed by atoms with van der Waals surface area (Å²) in [6, 6.07) is 3.85. The minimum atomic E-state index is -0.499. The van der Waals surface area contributed by atoms with Crippen molar-refractivity contribution in [1.29, 1.82) is 0 Å². The molecule has 1 aromatic rings. The third-order valence-electron chi connectivity index (χ3n) is 1.87. The molecule has 78 valence electrons. The molecule has 0 aromatic carbocycles. The second-order valence-corrected chi connectivity index (χ2v) is 3.16. The first kappa shape index (κ1) is 10.9. The molecule has 0 fully saturated rings. The highest BCUT2D eigenvalue weighted by Crippen LogP contribution is 2.08. The van der Waals surface area contributed by atoms with E-state index >= 15 is 0 Å². The van der Waals surface area contributed by atoms with Gasteiger partial charge in [-0.2, -0.15) is 0 Å². The number of anilines is 1. The topological polar surface area (TPSA) is 54.4 Å². The number of pyridine rings is 1. The first-order valence-corrected chi connectivity index (χ1v) is 4.56. The predicted octanol–water partition coefficient (Wildman–Crippen LogP) is 0.809. The zero-order chi connectivity index (χ0) is 10.4. The van der Waals surface area contributed by atoms with Crippen LogP contribution in [0.3, 0.4) is 0 Å². The minimum Gasteiger partial charge on any atom is -0.389 e. The van der Waals surface area contributed by atoms with E-state index in [-0.39, 0.29) is 0 Å². The van der Waals surface area contributed by atoms with Gasteiger partial charge in [0.1, 0.15) is 5.82 Å². The SMILES string of the molecule is COCC(O)CNc1ncccc1C. The van der Waals surface area contributed by atoms with Crippen LogP contribution in [-0.2, 0) is 4.74 Å². The van der Waals surface area contributed by atoms with Gasteiger partial charge in [-0.05, 0) is 18.6 Å². The fourth-order valence-corrected chi connectivity index (χ4v) is 1.14. The molecule has 0 aliphatic rings. The van der Waals surface area contributed by atoms with Gasteiger partial charge in [0.25, 0.3) is 0 Å². The second-order valence-electron chi connectivity index (χ2n) is 3.16. The Morgan fingerprint density at radius 3 is 3.07 bits per heavy atom. The standard InChI is InChI=1S/C10H16N2O2/c1-8-4-3-5-11-10(8)12-6-9(13)7-14-2/h3-5,9,13H,6-7H2,1-2H3,(H,11,12). The van der Waals surface area contributed by atoms with Crippen molar-refractivity contribution in [2.45, 2.75) is 13.0 Å². The van der Waals surface area contributed by atoms with E-state index in [1.165, 1.54) is 0 Å². The molecule has 1 aromatic heterocycles. The molecule has 1 atom stereocenters. The lowest BCUT2D eigenvalue weighted by atomic mass is 10.3. The largest absolute Gasteiger partial charge is 0.389 e. The Kier molecular flexibility index (Phi) is 4.35.